The number of nitrogens with zero attached hydrogens (tertiary/aromatic N) is 2. The average molecular weight is 574 g/mol. The second-order valence-electron chi connectivity index (χ2n) is 11.5. The number of rotatable bonds is 10. The maximum absolute atomic E-state index is 5.30. The zero-order valence-electron chi connectivity index (χ0n) is 25.6. The standard InChI is InChI=1S/C41H39N3/c1-6-15-28(3)24-25-36-34-21-12-13-22-35(34)37(7-2)43-41(36)29(4)44(5)40-27-32-18-9-8-17-31(32)26-39(40)42-38-23-14-19-30-16-10-11-20-33(30)38/h6-23,26-27,36,41-42H,2-4,24-25H2,1,5H3/b15-6-. The maximum atomic E-state index is 5.30. The highest BCUT2D eigenvalue weighted by Crippen LogP contribution is 2.42. The second kappa shape index (κ2) is 12.6. The van der Waals surface area contributed by atoms with E-state index in [1.54, 1.807) is 0 Å². The van der Waals surface area contributed by atoms with Crippen LogP contribution in [0.1, 0.15) is 36.8 Å². The number of aliphatic imine (C=N–C) groups is 1. The minimum absolute atomic E-state index is 0.154. The van der Waals surface area contributed by atoms with Gasteiger partial charge in [-0.1, -0.05) is 122 Å². The van der Waals surface area contributed by atoms with E-state index in [9.17, 15) is 0 Å². The van der Waals surface area contributed by atoms with Crippen molar-refractivity contribution in [1.82, 2.24) is 0 Å². The summed E-state index contributed by atoms with van der Waals surface area (Å²) in [5.74, 6) is 0.154. The van der Waals surface area contributed by atoms with E-state index < -0.39 is 0 Å². The van der Waals surface area contributed by atoms with Crippen molar-refractivity contribution in [3.63, 3.8) is 0 Å². The summed E-state index contributed by atoms with van der Waals surface area (Å²) >= 11 is 0. The molecule has 218 valence electrons. The van der Waals surface area contributed by atoms with Gasteiger partial charge in [0.15, 0.2) is 0 Å². The molecular weight excluding hydrogens is 534 g/mol. The van der Waals surface area contributed by atoms with Crippen LogP contribution in [-0.4, -0.2) is 18.8 Å². The number of likely N-dealkylation sites (N-methyl/N-ethyl adjacent to an activating group) is 1. The molecule has 0 aliphatic carbocycles. The molecule has 0 fully saturated rings. The van der Waals surface area contributed by atoms with Crippen LogP contribution in [0.2, 0.25) is 0 Å². The smallest absolute Gasteiger partial charge is 0.0969 e. The Morgan fingerprint density at radius 3 is 2.30 bits per heavy atom. The zero-order chi connectivity index (χ0) is 30.6. The highest BCUT2D eigenvalue weighted by molar-refractivity contribution is 6.10. The first-order valence-electron chi connectivity index (χ1n) is 15.3. The van der Waals surface area contributed by atoms with Gasteiger partial charge in [-0.3, -0.25) is 4.99 Å². The van der Waals surface area contributed by atoms with E-state index in [2.05, 4.69) is 146 Å². The summed E-state index contributed by atoms with van der Waals surface area (Å²) < 4.78 is 0. The number of fused-ring (bicyclic) bond motifs is 3. The van der Waals surface area contributed by atoms with E-state index in [4.69, 9.17) is 11.6 Å². The van der Waals surface area contributed by atoms with Crippen LogP contribution in [0.25, 0.3) is 21.5 Å². The molecule has 1 heterocycles. The van der Waals surface area contributed by atoms with Crippen LogP contribution in [0, 0.1) is 0 Å². The summed E-state index contributed by atoms with van der Waals surface area (Å²) in [6, 6.07) is 36.3. The molecule has 1 aliphatic heterocycles. The number of anilines is 3. The molecule has 0 spiro atoms. The highest BCUT2D eigenvalue weighted by atomic mass is 15.2. The normalized spacial score (nSPS) is 16.0. The fourth-order valence-electron chi connectivity index (χ4n) is 6.41. The van der Waals surface area contributed by atoms with Crippen molar-refractivity contribution in [3.05, 3.63) is 163 Å². The Kier molecular flexibility index (Phi) is 8.29. The van der Waals surface area contributed by atoms with Gasteiger partial charge in [0.05, 0.1) is 23.1 Å². The maximum Gasteiger partial charge on any atom is 0.0969 e. The number of hydrogen-bond acceptors (Lipinski definition) is 3. The Labute approximate surface area is 261 Å². The molecule has 3 heteroatoms. The molecule has 0 bridgehead atoms. The van der Waals surface area contributed by atoms with Crippen LogP contribution in [0.3, 0.4) is 0 Å². The summed E-state index contributed by atoms with van der Waals surface area (Å²) in [5.41, 5.74) is 8.55. The SMILES string of the molecule is C=CC1=NC(C(=C)N(C)c2cc3ccccc3cc2Nc2cccc3ccccc23)C(CCC(=C)/C=C\C)c2ccccc21. The third kappa shape index (κ3) is 5.61. The van der Waals surface area contributed by atoms with E-state index >= 15 is 0 Å². The van der Waals surface area contributed by atoms with Gasteiger partial charge in [0.25, 0.3) is 0 Å². The van der Waals surface area contributed by atoms with Crippen molar-refractivity contribution >= 4 is 44.3 Å². The Bertz CT molecular complexity index is 1940. The lowest BCUT2D eigenvalue weighted by atomic mass is 9.79. The fourth-order valence-corrected chi connectivity index (χ4v) is 6.41. The van der Waals surface area contributed by atoms with Crippen molar-refractivity contribution in [3.8, 4) is 0 Å². The molecule has 0 aromatic heterocycles. The van der Waals surface area contributed by atoms with Gasteiger partial charge in [-0.05, 0) is 65.8 Å². The van der Waals surface area contributed by atoms with Gasteiger partial charge in [-0.2, -0.15) is 0 Å². The molecule has 44 heavy (non-hydrogen) atoms. The Morgan fingerprint density at radius 1 is 0.841 bits per heavy atom. The molecule has 6 rings (SSSR count). The first kappa shape index (κ1) is 28.9. The van der Waals surface area contributed by atoms with Crippen LogP contribution in [0.4, 0.5) is 17.1 Å². The minimum Gasteiger partial charge on any atom is -0.353 e. The lowest BCUT2D eigenvalue weighted by Gasteiger charge is -2.37. The number of hydrogen-bond donors (Lipinski definition) is 1. The summed E-state index contributed by atoms with van der Waals surface area (Å²) in [6.45, 7) is 15.2. The van der Waals surface area contributed by atoms with Gasteiger partial charge >= 0.3 is 0 Å². The molecule has 1 aliphatic rings. The monoisotopic (exact) mass is 573 g/mol. The van der Waals surface area contributed by atoms with Gasteiger partial charge in [0.2, 0.25) is 0 Å². The van der Waals surface area contributed by atoms with Crippen LogP contribution in [0.5, 0.6) is 0 Å². The molecule has 5 aromatic rings. The quantitative estimate of drug-likeness (QED) is 0.168. The molecule has 1 N–H and O–H groups in total. The predicted octanol–water partition coefficient (Wildman–Crippen LogP) is 10.7. The van der Waals surface area contributed by atoms with Gasteiger partial charge in [0.1, 0.15) is 0 Å². The van der Waals surface area contributed by atoms with Gasteiger partial charge in [-0.25, -0.2) is 0 Å². The van der Waals surface area contributed by atoms with Crippen LogP contribution >= 0.6 is 0 Å². The first-order valence-corrected chi connectivity index (χ1v) is 15.3. The summed E-state index contributed by atoms with van der Waals surface area (Å²) in [7, 11) is 2.11. The lowest BCUT2D eigenvalue weighted by Crippen LogP contribution is -2.34. The van der Waals surface area contributed by atoms with E-state index in [1.165, 1.54) is 27.1 Å². The predicted molar refractivity (Wildman–Crippen MR) is 192 cm³/mol. The molecule has 2 atom stereocenters. The minimum atomic E-state index is -0.154. The Balaban J connectivity index is 1.42. The lowest BCUT2D eigenvalue weighted by molar-refractivity contribution is 0.536. The van der Waals surface area contributed by atoms with Gasteiger partial charge in [0, 0.05) is 35.3 Å². The average Bonchev–Trinajstić information content (AvgIpc) is 3.06. The van der Waals surface area contributed by atoms with Crippen molar-refractivity contribution in [2.45, 2.75) is 31.7 Å². The molecule has 0 saturated heterocycles. The van der Waals surface area contributed by atoms with E-state index in [-0.39, 0.29) is 12.0 Å². The van der Waals surface area contributed by atoms with E-state index in [0.29, 0.717) is 0 Å². The summed E-state index contributed by atoms with van der Waals surface area (Å²) in [6.07, 6.45) is 7.84. The number of allylic oxidation sites excluding steroid dienone is 4. The largest absolute Gasteiger partial charge is 0.353 e. The zero-order valence-corrected chi connectivity index (χ0v) is 25.6. The second-order valence-corrected chi connectivity index (χ2v) is 11.5. The van der Waals surface area contributed by atoms with E-state index in [1.807, 2.05) is 13.0 Å². The molecule has 0 amide bonds. The molecule has 0 saturated carbocycles. The van der Waals surface area contributed by atoms with Crippen molar-refractivity contribution < 1.29 is 0 Å². The first-order chi connectivity index (χ1) is 21.5. The molecule has 3 nitrogen and oxygen atoms in total. The van der Waals surface area contributed by atoms with Crippen molar-refractivity contribution in [2.75, 3.05) is 17.3 Å². The molecule has 2 unspecified atom stereocenters. The summed E-state index contributed by atoms with van der Waals surface area (Å²) in [4.78, 5) is 7.52. The molecular formula is C41H39N3. The molecule has 5 aromatic carbocycles. The van der Waals surface area contributed by atoms with Crippen molar-refractivity contribution in [1.29, 1.82) is 0 Å². The number of nitrogens with one attached hydrogen (secondary N) is 1. The van der Waals surface area contributed by atoms with Crippen LogP contribution in [0.15, 0.2) is 157 Å². The van der Waals surface area contributed by atoms with Gasteiger partial charge in [-0.15, -0.1) is 0 Å². The molecule has 0 radical (unpaired) electrons. The fraction of sp³-hybridized carbons (Fsp3) is 0.146. The van der Waals surface area contributed by atoms with Crippen molar-refractivity contribution in [2.24, 2.45) is 4.99 Å². The summed E-state index contributed by atoms with van der Waals surface area (Å²) in [5, 5.41) is 8.53. The van der Waals surface area contributed by atoms with Crippen LogP contribution < -0.4 is 10.2 Å². The number of benzene rings is 5. The van der Waals surface area contributed by atoms with E-state index in [0.717, 1.165) is 52.4 Å². The topological polar surface area (TPSA) is 27.6 Å². The third-order valence-corrected chi connectivity index (χ3v) is 8.72. The highest BCUT2D eigenvalue weighted by Gasteiger charge is 2.33. The third-order valence-electron chi connectivity index (χ3n) is 8.72. The van der Waals surface area contributed by atoms with Crippen LogP contribution in [-0.2, 0) is 0 Å². The Morgan fingerprint density at radius 2 is 1.52 bits per heavy atom. The Hall–Kier alpha value is -5.15. The van der Waals surface area contributed by atoms with Gasteiger partial charge < -0.3 is 10.2 Å².